The monoisotopic (exact) mass is 500 g/mol. The molecule has 2 rings (SSSR count). The van der Waals surface area contributed by atoms with Crippen molar-refractivity contribution in [1.82, 2.24) is 10.3 Å². The quantitative estimate of drug-likeness (QED) is 0.171. The van der Waals surface area contributed by atoms with Crippen LogP contribution in [0.4, 0.5) is 4.79 Å². The first-order valence-electron chi connectivity index (χ1n) is 14.0. The Bertz CT molecular complexity index is 900. The molecule has 0 aliphatic heterocycles. The van der Waals surface area contributed by atoms with E-state index in [2.05, 4.69) is 17.2 Å². The number of aromatic nitrogens is 1. The summed E-state index contributed by atoms with van der Waals surface area (Å²) < 4.78 is 11.0. The van der Waals surface area contributed by atoms with Gasteiger partial charge in [-0.15, -0.1) is 0 Å². The highest BCUT2D eigenvalue weighted by Gasteiger charge is 2.26. The van der Waals surface area contributed by atoms with Crippen molar-refractivity contribution in [2.75, 3.05) is 6.61 Å². The van der Waals surface area contributed by atoms with Crippen LogP contribution < -0.4 is 5.32 Å². The molecule has 1 atom stereocenters. The van der Waals surface area contributed by atoms with Crippen LogP contribution in [0.5, 0.6) is 0 Å². The number of aromatic amines is 1. The molecule has 0 radical (unpaired) electrons. The van der Waals surface area contributed by atoms with Gasteiger partial charge in [0, 0.05) is 23.5 Å². The van der Waals surface area contributed by atoms with Gasteiger partial charge in [-0.3, -0.25) is 0 Å². The summed E-state index contributed by atoms with van der Waals surface area (Å²) in [5.74, 6) is -0.422. The lowest BCUT2D eigenvalue weighted by molar-refractivity contribution is -0.146. The molecule has 0 bridgehead atoms. The average molecular weight is 501 g/mol. The summed E-state index contributed by atoms with van der Waals surface area (Å²) in [6.07, 6.45) is 16.7. The van der Waals surface area contributed by atoms with E-state index >= 15 is 0 Å². The van der Waals surface area contributed by atoms with Crippen LogP contribution in [-0.4, -0.2) is 35.3 Å². The summed E-state index contributed by atoms with van der Waals surface area (Å²) in [4.78, 5) is 28.5. The van der Waals surface area contributed by atoms with Gasteiger partial charge in [-0.05, 0) is 38.8 Å². The first kappa shape index (κ1) is 29.7. The fourth-order valence-corrected chi connectivity index (χ4v) is 4.38. The number of nitrogens with one attached hydrogen (secondary N) is 2. The van der Waals surface area contributed by atoms with Crippen LogP contribution in [0.2, 0.25) is 0 Å². The predicted octanol–water partition coefficient (Wildman–Crippen LogP) is 7.85. The van der Waals surface area contributed by atoms with Crippen molar-refractivity contribution >= 4 is 23.0 Å². The summed E-state index contributed by atoms with van der Waals surface area (Å²) in [6, 6.07) is 7.10. The Hall–Kier alpha value is -2.50. The van der Waals surface area contributed by atoms with Gasteiger partial charge >= 0.3 is 12.1 Å². The van der Waals surface area contributed by atoms with Crippen molar-refractivity contribution in [2.24, 2.45) is 0 Å². The second-order valence-corrected chi connectivity index (χ2v) is 10.8. The van der Waals surface area contributed by atoms with Gasteiger partial charge in [-0.2, -0.15) is 0 Å². The molecule has 6 heteroatoms. The molecule has 1 heterocycles. The Morgan fingerprint density at radius 3 is 2.08 bits per heavy atom. The first-order chi connectivity index (χ1) is 17.3. The molecule has 0 aliphatic carbocycles. The van der Waals surface area contributed by atoms with Gasteiger partial charge in [0.15, 0.2) is 0 Å². The van der Waals surface area contributed by atoms with Crippen LogP contribution in [-0.2, 0) is 20.7 Å². The van der Waals surface area contributed by atoms with Gasteiger partial charge in [0.05, 0.1) is 6.61 Å². The average Bonchev–Trinajstić information content (AvgIpc) is 3.23. The zero-order valence-corrected chi connectivity index (χ0v) is 23.0. The van der Waals surface area contributed by atoms with E-state index < -0.39 is 23.7 Å². The maximum Gasteiger partial charge on any atom is 0.408 e. The topological polar surface area (TPSA) is 80.4 Å². The highest BCUT2D eigenvalue weighted by molar-refractivity contribution is 5.86. The van der Waals surface area contributed by atoms with Gasteiger partial charge in [-0.25, -0.2) is 9.59 Å². The fourth-order valence-electron chi connectivity index (χ4n) is 4.38. The zero-order chi connectivity index (χ0) is 26.2. The van der Waals surface area contributed by atoms with E-state index in [1.807, 2.05) is 30.5 Å². The molecule has 36 heavy (non-hydrogen) atoms. The Kier molecular flexibility index (Phi) is 13.4. The summed E-state index contributed by atoms with van der Waals surface area (Å²) in [5, 5.41) is 3.75. The van der Waals surface area contributed by atoms with Gasteiger partial charge in [0.25, 0.3) is 0 Å². The minimum absolute atomic E-state index is 0.334. The van der Waals surface area contributed by atoms with E-state index in [0.29, 0.717) is 13.0 Å². The first-order valence-corrected chi connectivity index (χ1v) is 14.0. The largest absolute Gasteiger partial charge is 0.464 e. The molecule has 2 aromatic rings. The minimum atomic E-state index is -0.809. The SMILES string of the molecule is CCCCCCCCCCCCCCOC(=O)[C@H](Cc1c[nH]c2ccccc12)NC(=O)OC(C)(C)C. The Balaban J connectivity index is 1.73. The van der Waals surface area contributed by atoms with E-state index in [1.165, 1.54) is 64.2 Å². The van der Waals surface area contributed by atoms with Crippen LogP contribution in [0.1, 0.15) is 110 Å². The van der Waals surface area contributed by atoms with Crippen molar-refractivity contribution in [2.45, 2.75) is 123 Å². The lowest BCUT2D eigenvalue weighted by atomic mass is 10.0. The molecule has 1 aromatic heterocycles. The van der Waals surface area contributed by atoms with E-state index in [1.54, 1.807) is 20.8 Å². The standard InChI is InChI=1S/C30H48N2O4/c1-5-6-7-8-9-10-11-12-13-14-15-18-21-35-28(33)27(32-29(34)36-30(2,3)4)22-24-23-31-26-20-17-16-19-25(24)26/h16-17,19-20,23,27,31H,5-15,18,21-22H2,1-4H3,(H,32,34)/t27-/m0/s1. The fraction of sp³-hybridized carbons (Fsp3) is 0.667. The van der Waals surface area contributed by atoms with Crippen molar-refractivity contribution in [3.63, 3.8) is 0 Å². The Morgan fingerprint density at radius 1 is 0.889 bits per heavy atom. The highest BCUT2D eigenvalue weighted by atomic mass is 16.6. The molecule has 0 spiro atoms. The lowest BCUT2D eigenvalue weighted by Crippen LogP contribution is -2.45. The third-order valence-corrected chi connectivity index (χ3v) is 6.32. The second-order valence-electron chi connectivity index (χ2n) is 10.8. The van der Waals surface area contributed by atoms with Crippen LogP contribution in [0.25, 0.3) is 10.9 Å². The number of carbonyl (C=O) groups is 2. The molecule has 0 saturated carbocycles. The van der Waals surface area contributed by atoms with E-state index in [0.717, 1.165) is 29.3 Å². The number of benzene rings is 1. The Morgan fingerprint density at radius 2 is 1.47 bits per heavy atom. The van der Waals surface area contributed by atoms with Crippen LogP contribution >= 0.6 is 0 Å². The van der Waals surface area contributed by atoms with Crippen molar-refractivity contribution in [3.8, 4) is 0 Å². The lowest BCUT2D eigenvalue weighted by Gasteiger charge is -2.23. The number of para-hydroxylation sites is 1. The number of ether oxygens (including phenoxy) is 2. The molecular weight excluding hydrogens is 452 g/mol. The van der Waals surface area contributed by atoms with Gasteiger partial charge in [0.1, 0.15) is 11.6 Å². The maximum atomic E-state index is 12.9. The second kappa shape index (κ2) is 16.3. The van der Waals surface area contributed by atoms with Crippen molar-refractivity contribution in [1.29, 1.82) is 0 Å². The molecule has 0 unspecified atom stereocenters. The Labute approximate surface area is 217 Å². The van der Waals surface area contributed by atoms with Gasteiger partial charge < -0.3 is 19.8 Å². The third-order valence-electron chi connectivity index (χ3n) is 6.32. The smallest absolute Gasteiger partial charge is 0.408 e. The number of esters is 1. The van der Waals surface area contributed by atoms with E-state index in [4.69, 9.17) is 9.47 Å². The predicted molar refractivity (Wildman–Crippen MR) is 147 cm³/mol. The van der Waals surface area contributed by atoms with Gasteiger partial charge in [-0.1, -0.05) is 95.8 Å². The van der Waals surface area contributed by atoms with Crippen LogP contribution in [0.3, 0.4) is 0 Å². The number of H-pyrrole nitrogens is 1. The number of hydrogen-bond acceptors (Lipinski definition) is 4. The van der Waals surface area contributed by atoms with Crippen LogP contribution in [0, 0.1) is 0 Å². The molecule has 0 saturated heterocycles. The molecule has 1 aromatic carbocycles. The highest BCUT2D eigenvalue weighted by Crippen LogP contribution is 2.20. The van der Waals surface area contributed by atoms with Crippen LogP contribution in [0.15, 0.2) is 30.5 Å². The molecular formula is C30H48N2O4. The van der Waals surface area contributed by atoms with Gasteiger partial charge in [0.2, 0.25) is 0 Å². The summed E-state index contributed by atoms with van der Waals surface area (Å²) in [6.45, 7) is 8.02. The maximum absolute atomic E-state index is 12.9. The number of fused-ring (bicyclic) bond motifs is 1. The normalized spacial score (nSPS) is 12.4. The summed E-state index contributed by atoms with van der Waals surface area (Å²) in [5.41, 5.74) is 1.30. The molecule has 6 nitrogen and oxygen atoms in total. The third kappa shape index (κ3) is 12.0. The summed E-state index contributed by atoms with van der Waals surface area (Å²) >= 11 is 0. The molecule has 0 aliphatic rings. The zero-order valence-electron chi connectivity index (χ0n) is 23.0. The number of amides is 1. The summed E-state index contributed by atoms with van der Waals surface area (Å²) in [7, 11) is 0. The van der Waals surface area contributed by atoms with Crippen molar-refractivity contribution in [3.05, 3.63) is 36.0 Å². The molecule has 202 valence electrons. The number of rotatable bonds is 17. The molecule has 1 amide bonds. The number of hydrogen-bond donors (Lipinski definition) is 2. The molecule has 0 fully saturated rings. The van der Waals surface area contributed by atoms with E-state index in [-0.39, 0.29) is 0 Å². The number of alkyl carbamates (subject to hydrolysis) is 1. The molecule has 2 N–H and O–H groups in total. The van der Waals surface area contributed by atoms with E-state index in [9.17, 15) is 9.59 Å². The number of unbranched alkanes of at least 4 members (excludes halogenated alkanes) is 11. The van der Waals surface area contributed by atoms with Crippen molar-refractivity contribution < 1.29 is 19.1 Å². The number of carbonyl (C=O) groups excluding carboxylic acids is 2. The minimum Gasteiger partial charge on any atom is -0.464 e.